The lowest BCUT2D eigenvalue weighted by atomic mass is 10.2. The second-order valence-corrected chi connectivity index (χ2v) is 8.54. The Balaban J connectivity index is 1.74. The molecule has 1 aliphatic heterocycles. The molecular formula is C20H20N4O2S. The van der Waals surface area contributed by atoms with E-state index in [1.54, 1.807) is 48.8 Å². The van der Waals surface area contributed by atoms with E-state index in [9.17, 15) is 8.42 Å². The molecule has 1 aromatic carbocycles. The first-order valence-electron chi connectivity index (χ1n) is 8.93. The van der Waals surface area contributed by atoms with Crippen LogP contribution in [-0.2, 0) is 15.6 Å². The van der Waals surface area contributed by atoms with Crippen molar-refractivity contribution in [1.82, 2.24) is 15.0 Å². The molecule has 2 aromatic heterocycles. The minimum atomic E-state index is -3.48. The highest BCUT2D eigenvalue weighted by atomic mass is 32.2. The summed E-state index contributed by atoms with van der Waals surface area (Å²) >= 11 is 0. The molecule has 138 valence electrons. The van der Waals surface area contributed by atoms with Crippen molar-refractivity contribution < 1.29 is 8.42 Å². The Hall–Kier alpha value is -2.80. The number of hydrogen-bond donors (Lipinski definition) is 0. The molecule has 0 amide bonds. The Kier molecular flexibility index (Phi) is 4.85. The number of pyridine rings is 1. The number of nitrogens with zero attached hydrogens (tertiary/aromatic N) is 4. The molecule has 1 fully saturated rings. The predicted octanol–water partition coefficient (Wildman–Crippen LogP) is 3.11. The lowest BCUT2D eigenvalue weighted by Crippen LogP contribution is -2.20. The summed E-state index contributed by atoms with van der Waals surface area (Å²) in [6.45, 7) is 1.85. The van der Waals surface area contributed by atoms with E-state index in [2.05, 4.69) is 19.9 Å². The second kappa shape index (κ2) is 7.44. The van der Waals surface area contributed by atoms with E-state index in [4.69, 9.17) is 0 Å². The molecular weight excluding hydrogens is 360 g/mol. The highest BCUT2D eigenvalue weighted by Gasteiger charge is 2.20. The number of hydrogen-bond acceptors (Lipinski definition) is 6. The molecule has 1 saturated heterocycles. The molecule has 0 bridgehead atoms. The normalized spacial score (nSPS) is 14.4. The molecule has 27 heavy (non-hydrogen) atoms. The fourth-order valence-corrected chi connectivity index (χ4v) is 4.47. The largest absolute Gasteiger partial charge is 0.356 e. The van der Waals surface area contributed by atoms with Gasteiger partial charge in [-0.05, 0) is 37.1 Å². The summed E-state index contributed by atoms with van der Waals surface area (Å²) in [6.07, 6.45) is 5.61. The summed E-state index contributed by atoms with van der Waals surface area (Å²) in [7, 11) is -3.48. The van der Waals surface area contributed by atoms with Gasteiger partial charge in [-0.2, -0.15) is 0 Å². The van der Waals surface area contributed by atoms with Gasteiger partial charge in [0.25, 0.3) is 0 Å². The van der Waals surface area contributed by atoms with Gasteiger partial charge in [-0.3, -0.25) is 4.98 Å². The first-order chi connectivity index (χ1) is 13.1. The topological polar surface area (TPSA) is 76.1 Å². The molecule has 6 nitrogen and oxygen atoms in total. The van der Waals surface area contributed by atoms with Crippen LogP contribution in [0.3, 0.4) is 0 Å². The average Bonchev–Trinajstić information content (AvgIpc) is 3.24. The monoisotopic (exact) mass is 380 g/mol. The van der Waals surface area contributed by atoms with Crippen molar-refractivity contribution in [3.05, 3.63) is 66.6 Å². The van der Waals surface area contributed by atoms with Crippen molar-refractivity contribution in [3.63, 3.8) is 0 Å². The quantitative estimate of drug-likeness (QED) is 0.677. The van der Waals surface area contributed by atoms with E-state index >= 15 is 0 Å². The molecule has 3 heterocycles. The molecule has 0 atom stereocenters. The van der Waals surface area contributed by atoms with E-state index in [0.29, 0.717) is 16.4 Å². The molecule has 1 aliphatic rings. The van der Waals surface area contributed by atoms with Gasteiger partial charge in [0.2, 0.25) is 0 Å². The van der Waals surface area contributed by atoms with E-state index in [0.717, 1.165) is 37.3 Å². The zero-order valence-electron chi connectivity index (χ0n) is 14.8. The van der Waals surface area contributed by atoms with Gasteiger partial charge in [-0.25, -0.2) is 18.4 Å². The summed E-state index contributed by atoms with van der Waals surface area (Å²) in [5.41, 5.74) is 1.27. The number of benzene rings is 1. The van der Waals surface area contributed by atoms with Gasteiger partial charge in [0.15, 0.2) is 15.7 Å². The summed E-state index contributed by atoms with van der Waals surface area (Å²) in [5.74, 6) is 1.12. The van der Waals surface area contributed by atoms with Crippen molar-refractivity contribution >= 4 is 15.7 Å². The maximum Gasteiger partial charge on any atom is 0.184 e. The summed E-state index contributed by atoms with van der Waals surface area (Å²) in [5, 5.41) is 0. The highest BCUT2D eigenvalue weighted by Crippen LogP contribution is 2.24. The Morgan fingerprint density at radius 3 is 2.44 bits per heavy atom. The minimum Gasteiger partial charge on any atom is -0.356 e. The molecule has 0 radical (unpaired) electrons. The van der Waals surface area contributed by atoms with E-state index < -0.39 is 9.84 Å². The minimum absolute atomic E-state index is 0.159. The zero-order chi connectivity index (χ0) is 18.7. The van der Waals surface area contributed by atoms with E-state index in [-0.39, 0.29) is 5.75 Å². The molecule has 0 unspecified atom stereocenters. The van der Waals surface area contributed by atoms with Gasteiger partial charge >= 0.3 is 0 Å². The first-order valence-corrected chi connectivity index (χ1v) is 10.6. The van der Waals surface area contributed by atoms with Crippen molar-refractivity contribution in [3.8, 4) is 11.4 Å². The third-order valence-corrected chi connectivity index (χ3v) is 6.22. The Morgan fingerprint density at radius 2 is 1.74 bits per heavy atom. The SMILES string of the molecule is O=S(=O)(Cc1cc(N2CCCC2)nc(-c2cccnc2)n1)c1ccccc1. The lowest BCUT2D eigenvalue weighted by molar-refractivity contribution is 0.594. The molecule has 3 aromatic rings. The number of anilines is 1. The smallest absolute Gasteiger partial charge is 0.184 e. The maximum absolute atomic E-state index is 12.8. The van der Waals surface area contributed by atoms with Crippen molar-refractivity contribution in [2.75, 3.05) is 18.0 Å². The standard InChI is InChI=1S/C20H20N4O2S/c25-27(26,18-8-2-1-3-9-18)15-17-13-19(24-11-4-5-12-24)23-20(22-17)16-7-6-10-21-14-16/h1-3,6-10,13-14H,4-5,11-12,15H2. The van der Waals surface area contributed by atoms with E-state index in [1.165, 1.54) is 0 Å². The van der Waals surface area contributed by atoms with Gasteiger partial charge in [-0.1, -0.05) is 18.2 Å². The van der Waals surface area contributed by atoms with Crippen molar-refractivity contribution in [2.45, 2.75) is 23.5 Å². The Labute approximate surface area is 158 Å². The van der Waals surface area contributed by atoms with Gasteiger partial charge < -0.3 is 4.90 Å². The van der Waals surface area contributed by atoms with Gasteiger partial charge in [0.05, 0.1) is 16.3 Å². The van der Waals surface area contributed by atoms with Crippen LogP contribution in [0.1, 0.15) is 18.5 Å². The molecule has 4 rings (SSSR count). The van der Waals surface area contributed by atoms with Gasteiger partial charge in [0, 0.05) is 37.1 Å². The van der Waals surface area contributed by atoms with Crippen LogP contribution < -0.4 is 4.90 Å². The predicted molar refractivity (Wildman–Crippen MR) is 104 cm³/mol. The molecule has 0 aliphatic carbocycles. The van der Waals surface area contributed by atoms with Crippen LogP contribution in [0.15, 0.2) is 65.8 Å². The van der Waals surface area contributed by atoms with E-state index in [1.807, 2.05) is 12.1 Å². The number of rotatable bonds is 5. The maximum atomic E-state index is 12.8. The van der Waals surface area contributed by atoms with Crippen molar-refractivity contribution in [1.29, 1.82) is 0 Å². The number of sulfone groups is 1. The van der Waals surface area contributed by atoms with Crippen LogP contribution in [-0.4, -0.2) is 36.5 Å². The van der Waals surface area contributed by atoms with Crippen molar-refractivity contribution in [2.24, 2.45) is 0 Å². The highest BCUT2D eigenvalue weighted by molar-refractivity contribution is 7.90. The molecule has 0 N–H and O–H groups in total. The first kappa shape index (κ1) is 17.6. The second-order valence-electron chi connectivity index (χ2n) is 6.55. The zero-order valence-corrected chi connectivity index (χ0v) is 15.6. The summed E-state index contributed by atoms with van der Waals surface area (Å²) in [4.78, 5) is 15.8. The van der Waals surface area contributed by atoms with Crippen LogP contribution >= 0.6 is 0 Å². The molecule has 7 heteroatoms. The molecule has 0 saturated carbocycles. The fourth-order valence-electron chi connectivity index (χ4n) is 3.20. The third kappa shape index (κ3) is 3.98. The third-order valence-electron chi connectivity index (χ3n) is 4.56. The van der Waals surface area contributed by atoms with Crippen LogP contribution in [0.2, 0.25) is 0 Å². The summed E-state index contributed by atoms with van der Waals surface area (Å²) < 4.78 is 25.6. The fraction of sp³-hybridized carbons (Fsp3) is 0.250. The lowest BCUT2D eigenvalue weighted by Gasteiger charge is -2.18. The number of aromatic nitrogens is 3. The van der Waals surface area contributed by atoms with Crippen LogP contribution in [0.25, 0.3) is 11.4 Å². The molecule has 0 spiro atoms. The Bertz CT molecular complexity index is 1020. The average molecular weight is 380 g/mol. The Morgan fingerprint density at radius 1 is 0.963 bits per heavy atom. The summed E-state index contributed by atoms with van der Waals surface area (Å²) in [6, 6.07) is 14.0. The van der Waals surface area contributed by atoms with Gasteiger partial charge in [0.1, 0.15) is 5.82 Å². The van der Waals surface area contributed by atoms with Gasteiger partial charge in [-0.15, -0.1) is 0 Å². The van der Waals surface area contributed by atoms with Crippen LogP contribution in [0, 0.1) is 0 Å². The van der Waals surface area contributed by atoms with Crippen LogP contribution in [0.5, 0.6) is 0 Å². The van der Waals surface area contributed by atoms with Crippen LogP contribution in [0.4, 0.5) is 5.82 Å².